The van der Waals surface area contributed by atoms with Crippen LogP contribution < -0.4 is 10.3 Å². The molecule has 0 amide bonds. The lowest BCUT2D eigenvalue weighted by atomic mass is 10.1. The fourth-order valence-corrected chi connectivity index (χ4v) is 3.91. The van der Waals surface area contributed by atoms with E-state index in [9.17, 15) is 18.7 Å². The fraction of sp³-hybridized carbons (Fsp3) is 0.286. The monoisotopic (exact) mass is 506 g/mol. The number of ether oxygens (including phenoxy) is 1. The van der Waals surface area contributed by atoms with Crippen molar-refractivity contribution in [2.24, 2.45) is 0 Å². The SMILES string of the molecule is Cc1cc(COc2nc(C)n(-c3cc(-c4ccnc(C(C)(C)O)n4)ccc3C)c(=O)c2C)c(F)cc1F. The van der Waals surface area contributed by atoms with Crippen LogP contribution in [0, 0.1) is 39.3 Å². The number of halogens is 2. The van der Waals surface area contributed by atoms with Gasteiger partial charge in [-0.3, -0.25) is 9.36 Å². The molecule has 2 aromatic carbocycles. The summed E-state index contributed by atoms with van der Waals surface area (Å²) in [6.45, 7) is 9.71. The molecule has 0 aliphatic heterocycles. The molecule has 4 aromatic rings. The van der Waals surface area contributed by atoms with Crippen molar-refractivity contribution in [1.82, 2.24) is 19.5 Å². The zero-order valence-electron chi connectivity index (χ0n) is 21.6. The van der Waals surface area contributed by atoms with E-state index in [1.54, 1.807) is 40.0 Å². The van der Waals surface area contributed by atoms with Crippen molar-refractivity contribution in [3.63, 3.8) is 0 Å². The maximum atomic E-state index is 14.2. The number of benzene rings is 2. The van der Waals surface area contributed by atoms with Crippen LogP contribution in [0.5, 0.6) is 5.88 Å². The first-order valence-electron chi connectivity index (χ1n) is 11.7. The van der Waals surface area contributed by atoms with Gasteiger partial charge in [-0.05, 0) is 70.9 Å². The molecule has 2 aromatic heterocycles. The summed E-state index contributed by atoms with van der Waals surface area (Å²) in [5, 5.41) is 10.3. The minimum absolute atomic E-state index is 0.0829. The van der Waals surface area contributed by atoms with E-state index in [0.717, 1.165) is 17.2 Å². The summed E-state index contributed by atoms with van der Waals surface area (Å²) >= 11 is 0. The van der Waals surface area contributed by atoms with Crippen molar-refractivity contribution in [2.75, 3.05) is 0 Å². The largest absolute Gasteiger partial charge is 0.472 e. The van der Waals surface area contributed by atoms with Crippen LogP contribution in [0.25, 0.3) is 16.9 Å². The molecule has 0 atom stereocenters. The van der Waals surface area contributed by atoms with Gasteiger partial charge in [0, 0.05) is 23.4 Å². The molecule has 7 nitrogen and oxygen atoms in total. The molecule has 37 heavy (non-hydrogen) atoms. The van der Waals surface area contributed by atoms with Gasteiger partial charge in [-0.1, -0.05) is 12.1 Å². The number of hydrogen-bond acceptors (Lipinski definition) is 6. The van der Waals surface area contributed by atoms with Gasteiger partial charge in [0.15, 0.2) is 5.82 Å². The Morgan fingerprint density at radius 2 is 1.70 bits per heavy atom. The molecule has 0 saturated heterocycles. The van der Waals surface area contributed by atoms with E-state index in [1.165, 1.54) is 17.6 Å². The van der Waals surface area contributed by atoms with Gasteiger partial charge in [0.1, 0.15) is 29.7 Å². The first-order chi connectivity index (χ1) is 17.4. The molecule has 9 heteroatoms. The van der Waals surface area contributed by atoms with Gasteiger partial charge in [-0.15, -0.1) is 0 Å². The van der Waals surface area contributed by atoms with Gasteiger partial charge in [0.05, 0.1) is 16.9 Å². The molecule has 0 fully saturated rings. The first kappa shape index (κ1) is 26.1. The maximum absolute atomic E-state index is 14.2. The molecular weight excluding hydrogens is 478 g/mol. The van der Waals surface area contributed by atoms with Crippen molar-refractivity contribution in [3.8, 4) is 22.8 Å². The molecule has 1 N–H and O–H groups in total. The lowest BCUT2D eigenvalue weighted by Crippen LogP contribution is -2.26. The second-order valence-corrected chi connectivity index (χ2v) is 9.54. The third-order valence-electron chi connectivity index (χ3n) is 6.07. The summed E-state index contributed by atoms with van der Waals surface area (Å²) in [7, 11) is 0. The molecule has 192 valence electrons. The van der Waals surface area contributed by atoms with Gasteiger partial charge in [-0.2, -0.15) is 4.98 Å². The van der Waals surface area contributed by atoms with Gasteiger partial charge in [0.25, 0.3) is 5.56 Å². The van der Waals surface area contributed by atoms with E-state index in [1.807, 2.05) is 25.1 Å². The van der Waals surface area contributed by atoms with Crippen LogP contribution in [-0.4, -0.2) is 24.6 Å². The predicted octanol–water partition coefficient (Wildman–Crippen LogP) is 5.01. The van der Waals surface area contributed by atoms with Gasteiger partial charge in [0.2, 0.25) is 5.88 Å². The molecule has 0 spiro atoms. The average Bonchev–Trinajstić information content (AvgIpc) is 2.84. The molecule has 0 bridgehead atoms. The summed E-state index contributed by atoms with van der Waals surface area (Å²) in [6, 6.07) is 9.51. The highest BCUT2D eigenvalue weighted by Crippen LogP contribution is 2.26. The van der Waals surface area contributed by atoms with Crippen LogP contribution in [0.15, 0.2) is 47.4 Å². The van der Waals surface area contributed by atoms with Gasteiger partial charge < -0.3 is 9.84 Å². The Morgan fingerprint density at radius 3 is 2.41 bits per heavy atom. The summed E-state index contributed by atoms with van der Waals surface area (Å²) in [5.41, 5.74) is 1.96. The summed E-state index contributed by atoms with van der Waals surface area (Å²) in [4.78, 5) is 26.5. The molecule has 0 aliphatic carbocycles. The van der Waals surface area contributed by atoms with E-state index in [4.69, 9.17) is 4.74 Å². The highest BCUT2D eigenvalue weighted by atomic mass is 19.1. The summed E-state index contributed by atoms with van der Waals surface area (Å²) in [5.74, 6) is -0.617. The van der Waals surface area contributed by atoms with E-state index in [2.05, 4.69) is 15.0 Å². The number of aryl methyl sites for hydroxylation is 3. The third-order valence-corrected chi connectivity index (χ3v) is 6.07. The highest BCUT2D eigenvalue weighted by Gasteiger charge is 2.21. The Labute approximate surface area is 213 Å². The Bertz CT molecular complexity index is 1560. The Balaban J connectivity index is 1.72. The third kappa shape index (κ3) is 5.27. The minimum atomic E-state index is -1.20. The summed E-state index contributed by atoms with van der Waals surface area (Å²) in [6.07, 6.45) is 1.58. The van der Waals surface area contributed by atoms with E-state index < -0.39 is 17.2 Å². The Hall–Kier alpha value is -3.98. The molecule has 0 unspecified atom stereocenters. The predicted molar refractivity (Wildman–Crippen MR) is 136 cm³/mol. The molecule has 4 rings (SSSR count). The number of aromatic nitrogens is 4. The van der Waals surface area contributed by atoms with E-state index in [0.29, 0.717) is 22.8 Å². The molecule has 0 aliphatic rings. The van der Waals surface area contributed by atoms with Crippen LogP contribution in [0.1, 0.15) is 47.8 Å². The quantitative estimate of drug-likeness (QED) is 0.396. The van der Waals surface area contributed by atoms with Crippen LogP contribution >= 0.6 is 0 Å². The molecule has 2 heterocycles. The van der Waals surface area contributed by atoms with Gasteiger partial charge in [-0.25, -0.2) is 18.7 Å². The lowest BCUT2D eigenvalue weighted by Gasteiger charge is -2.18. The lowest BCUT2D eigenvalue weighted by molar-refractivity contribution is 0.0688. The molecule has 0 radical (unpaired) electrons. The average molecular weight is 507 g/mol. The Morgan fingerprint density at radius 1 is 0.973 bits per heavy atom. The molecular formula is C28H28F2N4O3. The maximum Gasteiger partial charge on any atom is 0.264 e. The number of nitrogens with zero attached hydrogens (tertiary/aromatic N) is 4. The van der Waals surface area contributed by atoms with Crippen molar-refractivity contribution in [2.45, 2.75) is 53.8 Å². The van der Waals surface area contributed by atoms with Crippen LogP contribution in [0.3, 0.4) is 0 Å². The van der Waals surface area contributed by atoms with Crippen molar-refractivity contribution in [3.05, 3.63) is 98.5 Å². The summed E-state index contributed by atoms with van der Waals surface area (Å²) < 4.78 is 34.9. The minimum Gasteiger partial charge on any atom is -0.472 e. The molecule has 0 saturated carbocycles. The second-order valence-electron chi connectivity index (χ2n) is 9.54. The Kier molecular flexibility index (Phi) is 6.92. The number of rotatable bonds is 6. The zero-order valence-corrected chi connectivity index (χ0v) is 21.6. The van der Waals surface area contributed by atoms with E-state index in [-0.39, 0.29) is 35.0 Å². The van der Waals surface area contributed by atoms with Gasteiger partial charge >= 0.3 is 0 Å². The van der Waals surface area contributed by atoms with Crippen molar-refractivity contribution in [1.29, 1.82) is 0 Å². The van der Waals surface area contributed by atoms with Crippen LogP contribution in [0.4, 0.5) is 8.78 Å². The smallest absolute Gasteiger partial charge is 0.264 e. The second kappa shape index (κ2) is 9.82. The number of hydrogen-bond donors (Lipinski definition) is 1. The highest BCUT2D eigenvalue weighted by molar-refractivity contribution is 5.64. The number of aliphatic hydroxyl groups is 1. The standard InChI is InChI=1S/C28H28F2N4O3/c1-15-7-8-19(23-9-10-31-27(33-23)28(5,6)36)12-24(15)34-18(4)32-25(17(3)26(34)35)37-14-20-11-16(2)21(29)13-22(20)30/h7-13,36H,14H2,1-6H3. The van der Waals surface area contributed by atoms with Crippen LogP contribution in [-0.2, 0) is 12.2 Å². The van der Waals surface area contributed by atoms with Crippen molar-refractivity contribution >= 4 is 0 Å². The zero-order chi connectivity index (χ0) is 27.1. The van der Waals surface area contributed by atoms with E-state index >= 15 is 0 Å². The normalized spacial score (nSPS) is 11.6. The van der Waals surface area contributed by atoms with Crippen LogP contribution in [0.2, 0.25) is 0 Å². The first-order valence-corrected chi connectivity index (χ1v) is 11.7. The fourth-order valence-electron chi connectivity index (χ4n) is 3.91. The van der Waals surface area contributed by atoms with Crippen molar-refractivity contribution < 1.29 is 18.6 Å². The topological polar surface area (TPSA) is 90.1 Å².